The third kappa shape index (κ3) is 4.64. The zero-order valence-electron chi connectivity index (χ0n) is 11.0. The zero-order valence-corrected chi connectivity index (χ0v) is 14.2. The first-order chi connectivity index (χ1) is 10.4. The van der Waals surface area contributed by atoms with Crippen LogP contribution in [0.3, 0.4) is 0 Å². The molecule has 0 spiro atoms. The highest BCUT2D eigenvalue weighted by Crippen LogP contribution is 2.18. The minimum Gasteiger partial charge on any atom is -0.253 e. The Morgan fingerprint density at radius 2 is 1.23 bits per heavy atom. The molecule has 0 aliphatic carbocycles. The van der Waals surface area contributed by atoms with Crippen molar-refractivity contribution in [1.29, 1.82) is 0 Å². The predicted octanol–water partition coefficient (Wildman–Crippen LogP) is 1.92. The van der Waals surface area contributed by atoms with Gasteiger partial charge in [0.2, 0.25) is 0 Å². The zero-order chi connectivity index (χ0) is 16.1. The molecule has 0 bridgehead atoms. The molecule has 22 heavy (non-hydrogen) atoms. The smallest absolute Gasteiger partial charge is 0.253 e. The molecule has 0 unspecified atom stereocenters. The molecule has 0 aromatic carbocycles. The minimum atomic E-state index is -3.81. The average molecular weight is 378 g/mol. The van der Waals surface area contributed by atoms with E-state index in [1.54, 1.807) is 22.9 Å². The van der Waals surface area contributed by atoms with Gasteiger partial charge in [-0.15, -0.1) is 22.7 Å². The van der Waals surface area contributed by atoms with Gasteiger partial charge in [-0.3, -0.25) is 8.37 Å². The Kier molecular flexibility index (Phi) is 5.74. The molecule has 2 heterocycles. The number of rotatable bonds is 6. The van der Waals surface area contributed by atoms with E-state index in [0.29, 0.717) is 0 Å². The molecular weight excluding hydrogens is 368 g/mol. The van der Waals surface area contributed by atoms with Crippen LogP contribution in [0.4, 0.5) is 0 Å². The molecular formula is C12H10O6S4. The second-order valence-corrected chi connectivity index (χ2v) is 9.23. The third-order valence-corrected chi connectivity index (χ3v) is 7.42. The van der Waals surface area contributed by atoms with Crippen LogP contribution in [0, 0.1) is 11.8 Å². The van der Waals surface area contributed by atoms with Crippen molar-refractivity contribution in [2.45, 2.75) is 8.42 Å². The quantitative estimate of drug-likeness (QED) is 0.564. The van der Waals surface area contributed by atoms with E-state index in [4.69, 9.17) is 0 Å². The molecule has 0 aliphatic heterocycles. The van der Waals surface area contributed by atoms with E-state index in [1.807, 2.05) is 0 Å². The van der Waals surface area contributed by atoms with E-state index in [-0.39, 0.29) is 21.6 Å². The second-order valence-electron chi connectivity index (χ2n) is 3.65. The van der Waals surface area contributed by atoms with Crippen LogP contribution in [0.15, 0.2) is 43.4 Å². The van der Waals surface area contributed by atoms with Crippen LogP contribution in [0.1, 0.15) is 0 Å². The first-order valence-electron chi connectivity index (χ1n) is 5.73. The Labute approximate surface area is 136 Å². The summed E-state index contributed by atoms with van der Waals surface area (Å²) in [5.41, 5.74) is 0. The van der Waals surface area contributed by atoms with E-state index in [1.165, 1.54) is 12.1 Å². The molecule has 118 valence electrons. The fourth-order valence-electron chi connectivity index (χ4n) is 1.24. The van der Waals surface area contributed by atoms with E-state index in [0.717, 1.165) is 22.7 Å². The fourth-order valence-corrected chi connectivity index (χ4v) is 4.86. The molecule has 0 N–H and O–H groups in total. The fraction of sp³-hybridized carbons (Fsp3) is 0.167. The molecule has 2 rings (SSSR count). The van der Waals surface area contributed by atoms with Crippen molar-refractivity contribution in [3.8, 4) is 11.8 Å². The van der Waals surface area contributed by atoms with Gasteiger partial charge in [0.05, 0.1) is 0 Å². The molecule has 2 aromatic rings. The summed E-state index contributed by atoms with van der Waals surface area (Å²) in [6.45, 7) is -0.745. The summed E-state index contributed by atoms with van der Waals surface area (Å²) in [6.07, 6.45) is 0. The lowest BCUT2D eigenvalue weighted by Crippen LogP contribution is -2.06. The summed E-state index contributed by atoms with van der Waals surface area (Å²) in [5.74, 6) is 4.78. The monoisotopic (exact) mass is 378 g/mol. The first-order valence-corrected chi connectivity index (χ1v) is 10.3. The standard InChI is InChI=1S/C12H10O6S4/c13-21(14,11-5-3-9-19-11)17-7-1-2-8-18-22(15,16)12-6-4-10-20-12/h3-6,9-10H,7-8H2. The molecule has 10 heteroatoms. The largest absolute Gasteiger partial charge is 0.307 e. The average Bonchev–Trinajstić information content (AvgIpc) is 3.15. The van der Waals surface area contributed by atoms with Gasteiger partial charge in [0.15, 0.2) is 0 Å². The van der Waals surface area contributed by atoms with Crippen molar-refractivity contribution >= 4 is 42.9 Å². The summed E-state index contributed by atoms with van der Waals surface area (Å²) in [4.78, 5) is 0. The van der Waals surface area contributed by atoms with Gasteiger partial charge in [0.25, 0.3) is 0 Å². The van der Waals surface area contributed by atoms with Crippen molar-refractivity contribution in [1.82, 2.24) is 0 Å². The van der Waals surface area contributed by atoms with Crippen molar-refractivity contribution in [2.24, 2.45) is 0 Å². The summed E-state index contributed by atoms with van der Waals surface area (Å²) in [6, 6.07) is 6.03. The predicted molar refractivity (Wildman–Crippen MR) is 82.7 cm³/mol. The number of thiophene rings is 2. The van der Waals surface area contributed by atoms with E-state index in [9.17, 15) is 16.8 Å². The molecule has 6 nitrogen and oxygen atoms in total. The summed E-state index contributed by atoms with van der Waals surface area (Å²) in [5, 5.41) is 3.23. The Morgan fingerprint density at radius 3 is 1.55 bits per heavy atom. The molecule has 0 saturated carbocycles. The van der Waals surface area contributed by atoms with Gasteiger partial charge in [-0.2, -0.15) is 16.8 Å². The van der Waals surface area contributed by atoms with Gasteiger partial charge in [-0.05, 0) is 22.9 Å². The first kappa shape index (κ1) is 17.1. The third-order valence-electron chi connectivity index (χ3n) is 2.18. The molecule has 0 fully saturated rings. The highest BCUT2D eigenvalue weighted by Gasteiger charge is 2.16. The van der Waals surface area contributed by atoms with E-state index in [2.05, 4.69) is 20.2 Å². The second kappa shape index (κ2) is 7.36. The van der Waals surface area contributed by atoms with Gasteiger partial charge in [-0.25, -0.2) is 0 Å². The topological polar surface area (TPSA) is 86.7 Å². The molecule has 0 aliphatic rings. The lowest BCUT2D eigenvalue weighted by molar-refractivity contribution is 0.357. The van der Waals surface area contributed by atoms with Crippen LogP contribution in [-0.2, 0) is 28.6 Å². The number of hydrogen-bond donors (Lipinski definition) is 0. The van der Waals surface area contributed by atoms with Crippen molar-refractivity contribution in [2.75, 3.05) is 13.2 Å². The Bertz CT molecular complexity index is 780. The Morgan fingerprint density at radius 1 is 0.818 bits per heavy atom. The minimum absolute atomic E-state index is 0.0887. The van der Waals surface area contributed by atoms with Crippen LogP contribution in [-0.4, -0.2) is 30.0 Å². The van der Waals surface area contributed by atoms with Gasteiger partial charge in [-0.1, -0.05) is 24.0 Å². The maximum atomic E-state index is 11.6. The van der Waals surface area contributed by atoms with Crippen LogP contribution in [0.25, 0.3) is 0 Å². The maximum Gasteiger partial charge on any atom is 0.307 e. The highest BCUT2D eigenvalue weighted by atomic mass is 32.3. The number of hydrogen-bond acceptors (Lipinski definition) is 8. The maximum absolute atomic E-state index is 11.6. The van der Waals surface area contributed by atoms with Crippen LogP contribution < -0.4 is 0 Å². The van der Waals surface area contributed by atoms with Gasteiger partial charge in [0, 0.05) is 0 Å². The van der Waals surface area contributed by atoms with Crippen molar-refractivity contribution < 1.29 is 25.2 Å². The summed E-state index contributed by atoms with van der Waals surface area (Å²) in [7, 11) is -7.62. The molecule has 0 radical (unpaired) electrons. The van der Waals surface area contributed by atoms with E-state index < -0.39 is 20.2 Å². The SMILES string of the molecule is O=S(=O)(OCC#CCOS(=O)(=O)c1cccs1)c1cccs1. The molecule has 0 amide bonds. The lowest BCUT2D eigenvalue weighted by atomic mass is 10.6. The van der Waals surface area contributed by atoms with Crippen molar-refractivity contribution in [3.05, 3.63) is 35.0 Å². The van der Waals surface area contributed by atoms with Crippen LogP contribution in [0.5, 0.6) is 0 Å². The molecule has 0 atom stereocenters. The highest BCUT2D eigenvalue weighted by molar-refractivity contribution is 7.89. The summed E-state index contributed by atoms with van der Waals surface area (Å²) >= 11 is 2.07. The Balaban J connectivity index is 1.81. The molecule has 0 saturated heterocycles. The van der Waals surface area contributed by atoms with Gasteiger partial charge >= 0.3 is 20.2 Å². The van der Waals surface area contributed by atoms with Gasteiger partial charge in [0.1, 0.15) is 21.6 Å². The Hall–Kier alpha value is -1.22. The van der Waals surface area contributed by atoms with Crippen LogP contribution in [0.2, 0.25) is 0 Å². The van der Waals surface area contributed by atoms with E-state index >= 15 is 0 Å². The van der Waals surface area contributed by atoms with Crippen molar-refractivity contribution in [3.63, 3.8) is 0 Å². The van der Waals surface area contributed by atoms with Gasteiger partial charge < -0.3 is 0 Å². The van der Waals surface area contributed by atoms with Crippen LogP contribution >= 0.6 is 22.7 Å². The normalized spacial score (nSPS) is 11.8. The molecule has 2 aromatic heterocycles. The lowest BCUT2D eigenvalue weighted by Gasteiger charge is -1.99. The summed E-state index contributed by atoms with van der Waals surface area (Å²) < 4.78 is 56.1.